The van der Waals surface area contributed by atoms with Crippen molar-refractivity contribution in [1.82, 2.24) is 10.2 Å². The standard InChI is InChI=1S/C14H26N2O2/c1-5-7-9-16-11(8-6-2)13(17)15-12(10(3)4)14(16)18/h10-12H,5-9H2,1-4H3,(H,15,17). The van der Waals surface area contributed by atoms with Gasteiger partial charge in [-0.15, -0.1) is 0 Å². The maximum absolute atomic E-state index is 12.4. The number of hydrogen-bond acceptors (Lipinski definition) is 2. The normalized spacial score (nSPS) is 24.6. The van der Waals surface area contributed by atoms with E-state index in [1.54, 1.807) is 4.90 Å². The van der Waals surface area contributed by atoms with Crippen LogP contribution in [0.25, 0.3) is 0 Å². The van der Waals surface area contributed by atoms with E-state index in [4.69, 9.17) is 0 Å². The number of amides is 2. The lowest BCUT2D eigenvalue weighted by molar-refractivity contribution is -0.151. The molecular weight excluding hydrogens is 228 g/mol. The van der Waals surface area contributed by atoms with Crippen molar-refractivity contribution in [3.05, 3.63) is 0 Å². The summed E-state index contributed by atoms with van der Waals surface area (Å²) in [6.07, 6.45) is 3.67. The third kappa shape index (κ3) is 3.24. The van der Waals surface area contributed by atoms with Crippen LogP contribution < -0.4 is 5.32 Å². The molecule has 0 spiro atoms. The van der Waals surface area contributed by atoms with E-state index in [9.17, 15) is 9.59 Å². The quantitative estimate of drug-likeness (QED) is 0.787. The zero-order chi connectivity index (χ0) is 13.7. The van der Waals surface area contributed by atoms with Crippen molar-refractivity contribution < 1.29 is 9.59 Å². The van der Waals surface area contributed by atoms with Crippen LogP contribution in [0.4, 0.5) is 0 Å². The van der Waals surface area contributed by atoms with Gasteiger partial charge in [-0.25, -0.2) is 0 Å². The van der Waals surface area contributed by atoms with Gasteiger partial charge < -0.3 is 10.2 Å². The molecule has 104 valence electrons. The molecule has 1 saturated heterocycles. The van der Waals surface area contributed by atoms with E-state index in [0.29, 0.717) is 6.54 Å². The molecule has 0 aromatic rings. The number of hydrogen-bond donors (Lipinski definition) is 1. The highest BCUT2D eigenvalue weighted by Gasteiger charge is 2.40. The van der Waals surface area contributed by atoms with Crippen molar-refractivity contribution in [3.8, 4) is 0 Å². The Bertz CT molecular complexity index is 302. The number of nitrogens with one attached hydrogen (secondary N) is 1. The van der Waals surface area contributed by atoms with Crippen molar-refractivity contribution in [2.24, 2.45) is 5.92 Å². The van der Waals surface area contributed by atoms with Crippen molar-refractivity contribution in [2.75, 3.05) is 6.54 Å². The minimum absolute atomic E-state index is 0.0197. The van der Waals surface area contributed by atoms with E-state index in [1.807, 2.05) is 20.8 Å². The molecule has 1 aliphatic rings. The van der Waals surface area contributed by atoms with Gasteiger partial charge in [-0.1, -0.05) is 40.5 Å². The van der Waals surface area contributed by atoms with Gasteiger partial charge in [0.05, 0.1) is 0 Å². The molecule has 0 aliphatic carbocycles. The third-order valence-corrected chi connectivity index (χ3v) is 3.51. The number of nitrogens with zero attached hydrogens (tertiary/aromatic N) is 1. The summed E-state index contributed by atoms with van der Waals surface area (Å²) in [5.41, 5.74) is 0. The lowest BCUT2D eigenvalue weighted by Gasteiger charge is -2.40. The van der Waals surface area contributed by atoms with Gasteiger partial charge in [-0.05, 0) is 18.8 Å². The van der Waals surface area contributed by atoms with Gasteiger partial charge in [0.15, 0.2) is 0 Å². The predicted octanol–water partition coefficient (Wildman–Crippen LogP) is 1.94. The average Bonchev–Trinajstić information content (AvgIpc) is 2.32. The summed E-state index contributed by atoms with van der Waals surface area (Å²) in [6.45, 7) is 8.80. The first kappa shape index (κ1) is 15.0. The Morgan fingerprint density at radius 3 is 2.39 bits per heavy atom. The summed E-state index contributed by atoms with van der Waals surface area (Å²) in [5.74, 6) is 0.260. The van der Waals surface area contributed by atoms with E-state index >= 15 is 0 Å². The van der Waals surface area contributed by atoms with E-state index in [-0.39, 0.29) is 29.8 Å². The zero-order valence-electron chi connectivity index (χ0n) is 12.0. The third-order valence-electron chi connectivity index (χ3n) is 3.51. The van der Waals surface area contributed by atoms with E-state index in [0.717, 1.165) is 25.7 Å². The topological polar surface area (TPSA) is 49.4 Å². The minimum atomic E-state index is -0.345. The highest BCUT2D eigenvalue weighted by atomic mass is 16.2. The largest absolute Gasteiger partial charge is 0.342 e. The van der Waals surface area contributed by atoms with E-state index in [1.165, 1.54) is 0 Å². The molecule has 1 heterocycles. The molecule has 4 nitrogen and oxygen atoms in total. The highest BCUT2D eigenvalue weighted by molar-refractivity contribution is 5.97. The molecule has 2 atom stereocenters. The maximum Gasteiger partial charge on any atom is 0.246 e. The molecule has 1 rings (SSSR count). The van der Waals surface area contributed by atoms with Gasteiger partial charge in [0, 0.05) is 6.54 Å². The number of piperazine rings is 1. The molecule has 0 radical (unpaired) electrons. The van der Waals surface area contributed by atoms with Crippen molar-refractivity contribution >= 4 is 11.8 Å². The highest BCUT2D eigenvalue weighted by Crippen LogP contribution is 2.19. The van der Waals surface area contributed by atoms with Crippen LogP contribution in [0.1, 0.15) is 53.4 Å². The average molecular weight is 254 g/mol. The van der Waals surface area contributed by atoms with Crippen LogP contribution in [0, 0.1) is 5.92 Å². The first-order valence-electron chi connectivity index (χ1n) is 7.13. The van der Waals surface area contributed by atoms with Crippen LogP contribution in [0.15, 0.2) is 0 Å². The molecule has 1 N–H and O–H groups in total. The van der Waals surface area contributed by atoms with Crippen molar-refractivity contribution in [2.45, 2.75) is 65.5 Å². The molecule has 2 unspecified atom stereocenters. The molecule has 4 heteroatoms. The molecule has 1 aliphatic heterocycles. The summed E-state index contributed by atoms with van der Waals surface area (Å²) in [4.78, 5) is 26.3. The Balaban J connectivity index is 2.85. The summed E-state index contributed by atoms with van der Waals surface area (Å²) >= 11 is 0. The Morgan fingerprint density at radius 2 is 1.89 bits per heavy atom. The first-order chi connectivity index (χ1) is 8.52. The van der Waals surface area contributed by atoms with Gasteiger partial charge in [0.2, 0.25) is 11.8 Å². The van der Waals surface area contributed by atoms with Crippen LogP contribution in [0.5, 0.6) is 0 Å². The second-order valence-electron chi connectivity index (χ2n) is 5.42. The van der Waals surface area contributed by atoms with E-state index in [2.05, 4.69) is 12.2 Å². The van der Waals surface area contributed by atoms with Crippen molar-refractivity contribution in [3.63, 3.8) is 0 Å². The van der Waals surface area contributed by atoms with Crippen molar-refractivity contribution in [1.29, 1.82) is 0 Å². The van der Waals surface area contributed by atoms with Gasteiger partial charge in [0.1, 0.15) is 12.1 Å². The van der Waals surface area contributed by atoms with Crippen LogP contribution in [-0.2, 0) is 9.59 Å². The van der Waals surface area contributed by atoms with Gasteiger partial charge >= 0.3 is 0 Å². The van der Waals surface area contributed by atoms with Crippen LogP contribution in [0.2, 0.25) is 0 Å². The molecule has 18 heavy (non-hydrogen) atoms. The van der Waals surface area contributed by atoms with Crippen LogP contribution in [0.3, 0.4) is 0 Å². The SMILES string of the molecule is CCCCN1C(=O)C(C(C)C)NC(=O)C1CCC. The molecule has 0 bridgehead atoms. The number of carbonyl (C=O) groups is 2. The Kier molecular flexibility index (Phi) is 5.63. The Hall–Kier alpha value is -1.06. The zero-order valence-corrected chi connectivity index (χ0v) is 12.0. The molecule has 1 fully saturated rings. The fraction of sp³-hybridized carbons (Fsp3) is 0.857. The Labute approximate surface area is 110 Å². The minimum Gasteiger partial charge on any atom is -0.342 e. The predicted molar refractivity (Wildman–Crippen MR) is 72.1 cm³/mol. The number of unbranched alkanes of at least 4 members (excludes halogenated alkanes) is 1. The maximum atomic E-state index is 12.4. The summed E-state index contributed by atoms with van der Waals surface area (Å²) in [6, 6.07) is -0.605. The van der Waals surface area contributed by atoms with Gasteiger partial charge in [0.25, 0.3) is 0 Å². The van der Waals surface area contributed by atoms with Crippen LogP contribution >= 0.6 is 0 Å². The smallest absolute Gasteiger partial charge is 0.246 e. The molecule has 0 saturated carbocycles. The van der Waals surface area contributed by atoms with E-state index < -0.39 is 0 Å². The Morgan fingerprint density at radius 1 is 1.22 bits per heavy atom. The van der Waals surface area contributed by atoms with Gasteiger partial charge in [-0.2, -0.15) is 0 Å². The molecular formula is C14H26N2O2. The second-order valence-corrected chi connectivity index (χ2v) is 5.42. The number of rotatable bonds is 6. The molecule has 0 aromatic carbocycles. The number of carbonyl (C=O) groups excluding carboxylic acids is 2. The summed E-state index contributed by atoms with van der Waals surface area (Å²) in [5, 5.41) is 2.88. The fourth-order valence-electron chi connectivity index (χ4n) is 2.39. The monoisotopic (exact) mass is 254 g/mol. The fourth-order valence-corrected chi connectivity index (χ4v) is 2.39. The molecule has 0 aromatic heterocycles. The lowest BCUT2D eigenvalue weighted by Crippen LogP contribution is -2.64. The first-order valence-corrected chi connectivity index (χ1v) is 7.13. The lowest BCUT2D eigenvalue weighted by atomic mass is 9.96. The van der Waals surface area contributed by atoms with Crippen LogP contribution in [-0.4, -0.2) is 35.3 Å². The summed E-state index contributed by atoms with van der Waals surface area (Å²) < 4.78 is 0. The summed E-state index contributed by atoms with van der Waals surface area (Å²) in [7, 11) is 0. The second kappa shape index (κ2) is 6.76. The van der Waals surface area contributed by atoms with Gasteiger partial charge in [-0.3, -0.25) is 9.59 Å². The molecule has 2 amide bonds.